The maximum Gasteiger partial charge on any atom is 0.226 e. The van der Waals surface area contributed by atoms with Crippen LogP contribution in [-0.4, -0.2) is 10.1 Å². The van der Waals surface area contributed by atoms with Crippen molar-refractivity contribution in [2.75, 3.05) is 0 Å². The normalized spacial score (nSPS) is 10.6. The van der Waals surface area contributed by atoms with Crippen LogP contribution in [0.15, 0.2) is 47.0 Å². The van der Waals surface area contributed by atoms with Crippen molar-refractivity contribution < 1.29 is 4.52 Å². The van der Waals surface area contributed by atoms with Crippen molar-refractivity contribution in [1.82, 2.24) is 10.1 Å². The lowest BCUT2D eigenvalue weighted by molar-refractivity contribution is 0.376. The zero-order valence-electron chi connectivity index (χ0n) is 10.9. The van der Waals surface area contributed by atoms with Gasteiger partial charge < -0.3 is 4.52 Å². The summed E-state index contributed by atoms with van der Waals surface area (Å²) in [7, 11) is 0. The molecule has 0 unspecified atom stereocenters. The molecular formula is C16H13N3O. The fraction of sp³-hybridized carbons (Fsp3) is 0.188. The van der Waals surface area contributed by atoms with E-state index in [0.717, 1.165) is 17.4 Å². The highest BCUT2D eigenvalue weighted by Gasteiger charge is 2.08. The van der Waals surface area contributed by atoms with Gasteiger partial charge in [-0.15, -0.1) is 0 Å². The monoisotopic (exact) mass is 263 g/mol. The largest absolute Gasteiger partial charge is 0.339 e. The Hall–Kier alpha value is -2.67. The van der Waals surface area contributed by atoms with E-state index in [1.54, 1.807) is 0 Å². The molecule has 2 aromatic carbocycles. The van der Waals surface area contributed by atoms with Gasteiger partial charge in [-0.25, -0.2) is 0 Å². The van der Waals surface area contributed by atoms with E-state index in [2.05, 4.69) is 40.5 Å². The highest BCUT2D eigenvalue weighted by molar-refractivity contribution is 5.86. The minimum Gasteiger partial charge on any atom is -0.339 e. The molecule has 0 aliphatic rings. The third-order valence-corrected chi connectivity index (χ3v) is 3.15. The van der Waals surface area contributed by atoms with Gasteiger partial charge in [-0.1, -0.05) is 41.6 Å². The lowest BCUT2D eigenvalue weighted by atomic mass is 10.1. The van der Waals surface area contributed by atoms with E-state index in [-0.39, 0.29) is 0 Å². The van der Waals surface area contributed by atoms with Gasteiger partial charge in [0.25, 0.3) is 0 Å². The molecule has 1 heterocycles. The van der Waals surface area contributed by atoms with E-state index in [0.29, 0.717) is 24.6 Å². The maximum atomic E-state index is 8.51. The minimum atomic E-state index is 0.508. The van der Waals surface area contributed by atoms with Crippen LogP contribution in [-0.2, 0) is 6.42 Å². The lowest BCUT2D eigenvalue weighted by Gasteiger charge is -1.99. The molecule has 20 heavy (non-hydrogen) atoms. The minimum absolute atomic E-state index is 0.508. The molecule has 3 rings (SSSR count). The molecule has 0 spiro atoms. The third kappa shape index (κ3) is 2.52. The number of fused-ring (bicyclic) bond motifs is 1. The zero-order chi connectivity index (χ0) is 13.8. The summed E-state index contributed by atoms with van der Waals surface area (Å²) in [6.45, 7) is 0. The number of hydrogen-bond donors (Lipinski definition) is 0. The number of aryl methyl sites for hydroxylation is 1. The molecule has 0 saturated heterocycles. The molecule has 98 valence electrons. The predicted octanol–water partition coefficient (Wildman–Crippen LogP) is 3.74. The van der Waals surface area contributed by atoms with E-state index < -0.39 is 0 Å². The van der Waals surface area contributed by atoms with Gasteiger partial charge >= 0.3 is 0 Å². The summed E-state index contributed by atoms with van der Waals surface area (Å²) >= 11 is 0. The number of nitrogens with zero attached hydrogens (tertiary/aromatic N) is 3. The highest BCUT2D eigenvalue weighted by atomic mass is 16.5. The van der Waals surface area contributed by atoms with Crippen LogP contribution in [0.5, 0.6) is 0 Å². The standard InChI is InChI=1S/C16H13N3O/c17-10-4-3-7-15-18-16(19-20-15)14-9-8-12-5-1-2-6-13(12)11-14/h1-2,5-6,8-9,11H,3-4,7H2. The van der Waals surface area contributed by atoms with Gasteiger partial charge in [-0.2, -0.15) is 10.2 Å². The van der Waals surface area contributed by atoms with E-state index in [4.69, 9.17) is 9.78 Å². The van der Waals surface area contributed by atoms with Crippen molar-refractivity contribution in [1.29, 1.82) is 5.26 Å². The molecule has 1 aromatic heterocycles. The Labute approximate surface area is 116 Å². The molecule has 3 aromatic rings. The number of unbranched alkanes of at least 4 members (excludes halogenated alkanes) is 1. The van der Waals surface area contributed by atoms with Crippen LogP contribution in [0.3, 0.4) is 0 Å². The number of nitriles is 1. The summed E-state index contributed by atoms with van der Waals surface area (Å²) in [6.07, 6.45) is 1.90. The van der Waals surface area contributed by atoms with Crippen molar-refractivity contribution in [2.24, 2.45) is 0 Å². The Bertz CT molecular complexity index is 770. The quantitative estimate of drug-likeness (QED) is 0.673. The SMILES string of the molecule is N#CCCCc1nc(-c2ccc3ccccc3c2)no1. The van der Waals surface area contributed by atoms with E-state index in [1.165, 1.54) is 5.39 Å². The van der Waals surface area contributed by atoms with Gasteiger partial charge in [0.2, 0.25) is 11.7 Å². The lowest BCUT2D eigenvalue weighted by Crippen LogP contribution is -1.85. The van der Waals surface area contributed by atoms with Gasteiger partial charge in [0, 0.05) is 18.4 Å². The molecule has 4 heteroatoms. The van der Waals surface area contributed by atoms with Crippen molar-refractivity contribution in [3.8, 4) is 17.5 Å². The summed E-state index contributed by atoms with van der Waals surface area (Å²) in [5.74, 6) is 1.19. The first-order chi connectivity index (χ1) is 9.86. The topological polar surface area (TPSA) is 62.7 Å². The van der Waals surface area contributed by atoms with Crippen LogP contribution in [0, 0.1) is 11.3 Å². The predicted molar refractivity (Wildman–Crippen MR) is 75.8 cm³/mol. The second-order valence-corrected chi connectivity index (χ2v) is 4.59. The summed E-state index contributed by atoms with van der Waals surface area (Å²) < 4.78 is 5.21. The fourth-order valence-electron chi connectivity index (χ4n) is 2.12. The van der Waals surface area contributed by atoms with Crippen LogP contribution in [0.25, 0.3) is 22.2 Å². The Morgan fingerprint density at radius 3 is 2.80 bits per heavy atom. The second kappa shape index (κ2) is 5.54. The average molecular weight is 263 g/mol. The average Bonchev–Trinajstić information content (AvgIpc) is 2.96. The van der Waals surface area contributed by atoms with Crippen molar-refractivity contribution in [3.63, 3.8) is 0 Å². The number of benzene rings is 2. The number of aromatic nitrogens is 2. The van der Waals surface area contributed by atoms with E-state index >= 15 is 0 Å². The maximum absolute atomic E-state index is 8.51. The molecule has 0 aliphatic carbocycles. The van der Waals surface area contributed by atoms with Crippen molar-refractivity contribution in [2.45, 2.75) is 19.3 Å². The molecule has 0 fully saturated rings. The Morgan fingerprint density at radius 2 is 1.95 bits per heavy atom. The molecule has 4 nitrogen and oxygen atoms in total. The van der Waals surface area contributed by atoms with Crippen molar-refractivity contribution in [3.05, 3.63) is 48.4 Å². The van der Waals surface area contributed by atoms with Gasteiger partial charge in [0.15, 0.2) is 0 Å². The first kappa shape index (κ1) is 12.4. The molecule has 0 N–H and O–H groups in total. The summed E-state index contributed by atoms with van der Waals surface area (Å²) in [6, 6.07) is 16.4. The molecule has 0 atom stereocenters. The molecule has 0 radical (unpaired) electrons. The van der Waals surface area contributed by atoms with E-state index in [1.807, 2.05) is 18.2 Å². The summed E-state index contributed by atoms with van der Waals surface area (Å²) in [4.78, 5) is 4.37. The second-order valence-electron chi connectivity index (χ2n) is 4.59. The van der Waals surface area contributed by atoms with E-state index in [9.17, 15) is 0 Å². The fourth-order valence-corrected chi connectivity index (χ4v) is 2.12. The first-order valence-corrected chi connectivity index (χ1v) is 6.55. The first-order valence-electron chi connectivity index (χ1n) is 6.55. The number of hydrogen-bond acceptors (Lipinski definition) is 4. The molecule has 0 amide bonds. The van der Waals surface area contributed by atoms with Crippen LogP contribution >= 0.6 is 0 Å². The Balaban J connectivity index is 1.85. The molecule has 0 aliphatic heterocycles. The van der Waals surface area contributed by atoms with Gasteiger partial charge in [-0.05, 0) is 23.3 Å². The number of rotatable bonds is 4. The van der Waals surface area contributed by atoms with Crippen LogP contribution in [0.2, 0.25) is 0 Å². The van der Waals surface area contributed by atoms with Crippen LogP contribution in [0.4, 0.5) is 0 Å². The van der Waals surface area contributed by atoms with Gasteiger partial charge in [0.05, 0.1) is 6.07 Å². The molecular weight excluding hydrogens is 250 g/mol. The molecule has 0 saturated carbocycles. The van der Waals surface area contributed by atoms with Gasteiger partial charge in [0.1, 0.15) is 0 Å². The highest BCUT2D eigenvalue weighted by Crippen LogP contribution is 2.22. The Kier molecular flexibility index (Phi) is 3.42. The summed E-state index contributed by atoms with van der Waals surface area (Å²) in [5.41, 5.74) is 0.944. The molecule has 0 bridgehead atoms. The zero-order valence-corrected chi connectivity index (χ0v) is 10.9. The third-order valence-electron chi connectivity index (χ3n) is 3.15. The van der Waals surface area contributed by atoms with Crippen LogP contribution < -0.4 is 0 Å². The Morgan fingerprint density at radius 1 is 1.10 bits per heavy atom. The van der Waals surface area contributed by atoms with Crippen molar-refractivity contribution >= 4 is 10.8 Å². The smallest absolute Gasteiger partial charge is 0.226 e. The van der Waals surface area contributed by atoms with Gasteiger partial charge in [-0.3, -0.25) is 0 Å². The van der Waals surface area contributed by atoms with Crippen LogP contribution in [0.1, 0.15) is 18.7 Å². The summed E-state index contributed by atoms with van der Waals surface area (Å²) in [5, 5.41) is 14.9.